The Morgan fingerprint density at radius 1 is 1.60 bits per heavy atom. The van der Waals surface area contributed by atoms with Crippen molar-refractivity contribution in [3.05, 3.63) is 34.6 Å². The number of nitrogens with one attached hydrogen (secondary N) is 1. The zero-order valence-corrected chi connectivity index (χ0v) is 9.16. The second kappa shape index (κ2) is 5.04. The van der Waals surface area contributed by atoms with Crippen LogP contribution in [0.3, 0.4) is 0 Å². The number of thiocarbonyl (C=S) groups is 1. The van der Waals surface area contributed by atoms with Gasteiger partial charge >= 0.3 is 0 Å². The Morgan fingerprint density at radius 3 is 2.80 bits per heavy atom. The minimum absolute atomic E-state index is 0.0269. The predicted molar refractivity (Wildman–Crippen MR) is 60.5 cm³/mol. The van der Waals surface area contributed by atoms with Gasteiger partial charge in [-0.1, -0.05) is 23.8 Å². The van der Waals surface area contributed by atoms with Crippen molar-refractivity contribution in [2.75, 3.05) is 6.54 Å². The van der Waals surface area contributed by atoms with Crippen LogP contribution in [0.1, 0.15) is 10.4 Å². The first-order valence-electron chi connectivity index (χ1n) is 4.02. The van der Waals surface area contributed by atoms with Crippen LogP contribution in [0.4, 0.5) is 4.39 Å². The smallest absolute Gasteiger partial charge is 0.251 e. The Kier molecular flexibility index (Phi) is 3.99. The van der Waals surface area contributed by atoms with Crippen LogP contribution in [0.5, 0.6) is 0 Å². The third-order valence-corrected chi connectivity index (χ3v) is 2.06. The molecule has 0 bridgehead atoms. The molecule has 0 unspecified atom stereocenters. The van der Waals surface area contributed by atoms with Gasteiger partial charge in [-0.25, -0.2) is 4.39 Å². The second-order valence-electron chi connectivity index (χ2n) is 2.78. The Hall–Kier alpha value is -1.20. The highest BCUT2D eigenvalue weighted by molar-refractivity contribution is 7.80. The summed E-state index contributed by atoms with van der Waals surface area (Å²) in [5.74, 6) is -1.09. The first-order chi connectivity index (χ1) is 7.00. The summed E-state index contributed by atoms with van der Waals surface area (Å²) >= 11 is 10.0. The average Bonchev–Trinajstić information content (AvgIpc) is 2.18. The largest absolute Gasteiger partial charge is 0.392 e. The summed E-state index contributed by atoms with van der Waals surface area (Å²) in [6.45, 7) is 0.0818. The third kappa shape index (κ3) is 3.45. The highest BCUT2D eigenvalue weighted by Gasteiger charge is 2.08. The van der Waals surface area contributed by atoms with Crippen molar-refractivity contribution >= 4 is 34.7 Å². The lowest BCUT2D eigenvalue weighted by molar-refractivity contribution is 0.0959. The Balaban J connectivity index is 2.74. The van der Waals surface area contributed by atoms with Gasteiger partial charge in [-0.15, -0.1) is 0 Å². The number of carbonyl (C=O) groups excluding carboxylic acids is 1. The molecule has 0 aliphatic heterocycles. The van der Waals surface area contributed by atoms with Crippen molar-refractivity contribution in [1.82, 2.24) is 5.32 Å². The summed E-state index contributed by atoms with van der Waals surface area (Å²) in [6, 6.07) is 3.78. The van der Waals surface area contributed by atoms with E-state index in [4.69, 9.17) is 17.3 Å². The van der Waals surface area contributed by atoms with E-state index in [-0.39, 0.29) is 22.1 Å². The molecule has 0 aliphatic rings. The lowest BCUT2D eigenvalue weighted by Gasteiger charge is -2.04. The van der Waals surface area contributed by atoms with Gasteiger partial charge in [0, 0.05) is 5.56 Å². The molecule has 3 N–H and O–H groups in total. The molecule has 15 heavy (non-hydrogen) atoms. The molecule has 0 saturated heterocycles. The number of hydrogen-bond acceptors (Lipinski definition) is 2. The molecule has 0 spiro atoms. The molecule has 1 amide bonds. The van der Waals surface area contributed by atoms with Gasteiger partial charge in [0.2, 0.25) is 0 Å². The Labute approximate surface area is 96.4 Å². The lowest BCUT2D eigenvalue weighted by atomic mass is 10.2. The van der Waals surface area contributed by atoms with E-state index in [2.05, 4.69) is 17.5 Å². The van der Waals surface area contributed by atoms with Crippen molar-refractivity contribution in [3.63, 3.8) is 0 Å². The molecule has 0 radical (unpaired) electrons. The monoisotopic (exact) mass is 246 g/mol. The van der Waals surface area contributed by atoms with Gasteiger partial charge in [0.1, 0.15) is 5.82 Å². The summed E-state index contributed by atoms with van der Waals surface area (Å²) in [4.78, 5) is 11.5. The zero-order valence-electron chi connectivity index (χ0n) is 7.59. The maximum atomic E-state index is 13.0. The molecule has 0 aliphatic carbocycles. The first kappa shape index (κ1) is 11.9. The van der Waals surface area contributed by atoms with Crippen molar-refractivity contribution in [2.24, 2.45) is 5.73 Å². The van der Waals surface area contributed by atoms with Crippen molar-refractivity contribution in [2.45, 2.75) is 0 Å². The van der Waals surface area contributed by atoms with E-state index in [1.807, 2.05) is 0 Å². The summed E-state index contributed by atoms with van der Waals surface area (Å²) in [6.07, 6.45) is 0. The van der Waals surface area contributed by atoms with Gasteiger partial charge in [-0.3, -0.25) is 4.79 Å². The van der Waals surface area contributed by atoms with Crippen LogP contribution >= 0.6 is 23.8 Å². The normalized spacial score (nSPS) is 9.73. The van der Waals surface area contributed by atoms with Gasteiger partial charge in [-0.2, -0.15) is 0 Å². The van der Waals surface area contributed by atoms with Gasteiger partial charge in [0.25, 0.3) is 5.91 Å². The van der Waals surface area contributed by atoms with Crippen molar-refractivity contribution in [3.8, 4) is 0 Å². The molecular formula is C9H8ClFN2OS. The number of nitrogens with two attached hydrogens (primary N) is 1. The molecule has 0 aromatic heterocycles. The molecule has 1 aromatic carbocycles. The summed E-state index contributed by atoms with van der Waals surface area (Å²) < 4.78 is 13.0. The van der Waals surface area contributed by atoms with Crippen LogP contribution in [-0.4, -0.2) is 17.4 Å². The molecule has 80 valence electrons. The summed E-state index contributed by atoms with van der Waals surface area (Å²) in [5.41, 5.74) is 5.37. The lowest BCUT2D eigenvalue weighted by Crippen LogP contribution is -2.32. The van der Waals surface area contributed by atoms with Gasteiger partial charge < -0.3 is 11.1 Å². The standard InChI is InChI=1S/C9H8ClFN2OS/c10-6-2-1-5(3-7(6)11)9(14)13-4-8(12)15/h1-3H,4H2,(H2,12,15)(H,13,14). The zero-order chi connectivity index (χ0) is 11.4. The minimum atomic E-state index is -0.639. The molecule has 0 heterocycles. The van der Waals surface area contributed by atoms with Crippen LogP contribution in [0.2, 0.25) is 5.02 Å². The number of hydrogen-bond donors (Lipinski definition) is 2. The first-order valence-corrected chi connectivity index (χ1v) is 4.81. The van der Waals surface area contributed by atoms with Gasteiger partial charge in [0.05, 0.1) is 16.6 Å². The average molecular weight is 247 g/mol. The Bertz CT molecular complexity index is 411. The fourth-order valence-electron chi connectivity index (χ4n) is 0.907. The molecule has 0 saturated carbocycles. The minimum Gasteiger partial charge on any atom is -0.392 e. The Morgan fingerprint density at radius 2 is 2.27 bits per heavy atom. The van der Waals surface area contributed by atoms with Crippen LogP contribution in [-0.2, 0) is 0 Å². The number of carbonyl (C=O) groups is 1. The molecule has 0 atom stereocenters. The number of rotatable bonds is 3. The highest BCUT2D eigenvalue weighted by Crippen LogP contribution is 2.15. The van der Waals surface area contributed by atoms with E-state index >= 15 is 0 Å². The molecule has 6 heteroatoms. The van der Waals surface area contributed by atoms with E-state index in [1.165, 1.54) is 12.1 Å². The molecular weight excluding hydrogens is 239 g/mol. The molecule has 0 fully saturated rings. The van der Waals surface area contributed by atoms with Crippen LogP contribution in [0.25, 0.3) is 0 Å². The van der Waals surface area contributed by atoms with Crippen LogP contribution < -0.4 is 11.1 Å². The molecule has 3 nitrogen and oxygen atoms in total. The van der Waals surface area contributed by atoms with E-state index < -0.39 is 11.7 Å². The van der Waals surface area contributed by atoms with E-state index in [0.717, 1.165) is 6.07 Å². The number of halogens is 2. The van der Waals surface area contributed by atoms with E-state index in [1.54, 1.807) is 0 Å². The number of amides is 1. The van der Waals surface area contributed by atoms with Gasteiger partial charge in [0.15, 0.2) is 0 Å². The quantitative estimate of drug-likeness (QED) is 0.795. The van der Waals surface area contributed by atoms with E-state index in [0.29, 0.717) is 0 Å². The van der Waals surface area contributed by atoms with Crippen LogP contribution in [0.15, 0.2) is 18.2 Å². The van der Waals surface area contributed by atoms with Crippen LogP contribution in [0, 0.1) is 5.82 Å². The topological polar surface area (TPSA) is 55.1 Å². The van der Waals surface area contributed by atoms with Crippen molar-refractivity contribution < 1.29 is 9.18 Å². The second-order valence-corrected chi connectivity index (χ2v) is 3.71. The highest BCUT2D eigenvalue weighted by atomic mass is 35.5. The number of benzene rings is 1. The van der Waals surface area contributed by atoms with Crippen molar-refractivity contribution in [1.29, 1.82) is 0 Å². The van der Waals surface area contributed by atoms with E-state index in [9.17, 15) is 9.18 Å². The molecule has 1 aromatic rings. The van der Waals surface area contributed by atoms with Gasteiger partial charge in [-0.05, 0) is 18.2 Å². The third-order valence-electron chi connectivity index (χ3n) is 1.60. The maximum Gasteiger partial charge on any atom is 0.251 e. The molecule has 1 rings (SSSR count). The maximum absolute atomic E-state index is 13.0. The SMILES string of the molecule is NC(=S)CNC(=O)c1ccc(Cl)c(F)c1. The summed E-state index contributed by atoms with van der Waals surface area (Å²) in [5, 5.41) is 2.40. The fourth-order valence-corrected chi connectivity index (χ4v) is 1.10. The summed E-state index contributed by atoms with van der Waals surface area (Å²) in [7, 11) is 0. The predicted octanol–water partition coefficient (Wildman–Crippen LogP) is 1.50. The fraction of sp³-hybridized carbons (Fsp3) is 0.111.